The summed E-state index contributed by atoms with van der Waals surface area (Å²) in [5, 5.41) is 0.716. The smallest absolute Gasteiger partial charge is 0.140 e. The number of anilines is 1. The molecule has 0 saturated carbocycles. The Morgan fingerprint density at radius 3 is 2.53 bits per heavy atom. The van der Waals surface area contributed by atoms with Crippen molar-refractivity contribution in [1.82, 2.24) is 4.98 Å². The van der Waals surface area contributed by atoms with Gasteiger partial charge in [-0.15, -0.1) is 0 Å². The predicted molar refractivity (Wildman–Crippen MR) is 67.8 cm³/mol. The van der Waals surface area contributed by atoms with E-state index in [1.54, 1.807) is 18.3 Å². The van der Waals surface area contributed by atoms with Gasteiger partial charge in [0.25, 0.3) is 0 Å². The molecule has 88 valence electrons. The molecule has 0 saturated heterocycles. The number of hydrazine groups is 1. The van der Waals surface area contributed by atoms with Crippen molar-refractivity contribution in [3.63, 3.8) is 0 Å². The Balaban J connectivity index is 1.95. The van der Waals surface area contributed by atoms with E-state index in [0.717, 1.165) is 5.56 Å². The topological polar surface area (TPSA) is 60.2 Å². The number of hydrogen-bond donors (Lipinski definition) is 2. The highest BCUT2D eigenvalue weighted by Gasteiger charge is 1.97. The number of ether oxygens (including phenoxy) is 1. The average molecular weight is 250 g/mol. The SMILES string of the molecule is NNc1ccc(OCc2ccc(Cl)cc2)cn1. The Morgan fingerprint density at radius 1 is 1.18 bits per heavy atom. The van der Waals surface area contributed by atoms with Crippen LogP contribution in [0.25, 0.3) is 0 Å². The second kappa shape index (κ2) is 5.52. The van der Waals surface area contributed by atoms with Gasteiger partial charge in [-0.2, -0.15) is 0 Å². The molecule has 1 heterocycles. The van der Waals surface area contributed by atoms with Gasteiger partial charge in [0, 0.05) is 5.02 Å². The van der Waals surface area contributed by atoms with E-state index >= 15 is 0 Å². The van der Waals surface area contributed by atoms with Gasteiger partial charge in [-0.05, 0) is 29.8 Å². The van der Waals surface area contributed by atoms with Gasteiger partial charge < -0.3 is 10.2 Å². The standard InChI is InChI=1S/C12H12ClN3O/c13-10-3-1-9(2-4-10)8-17-11-5-6-12(16-14)15-7-11/h1-7H,8,14H2,(H,15,16). The predicted octanol–water partition coefficient (Wildman–Crippen LogP) is 2.60. The van der Waals surface area contributed by atoms with E-state index in [2.05, 4.69) is 10.4 Å². The lowest BCUT2D eigenvalue weighted by Crippen LogP contribution is -2.08. The van der Waals surface area contributed by atoms with Crippen molar-refractivity contribution in [2.45, 2.75) is 6.61 Å². The Hall–Kier alpha value is -1.78. The van der Waals surface area contributed by atoms with Crippen LogP contribution in [0.4, 0.5) is 5.82 Å². The van der Waals surface area contributed by atoms with Crippen LogP contribution < -0.4 is 16.0 Å². The van der Waals surface area contributed by atoms with Crippen molar-refractivity contribution in [1.29, 1.82) is 0 Å². The first kappa shape index (κ1) is 11.7. The van der Waals surface area contributed by atoms with Crippen LogP contribution in [0.3, 0.4) is 0 Å². The van der Waals surface area contributed by atoms with E-state index in [0.29, 0.717) is 23.2 Å². The largest absolute Gasteiger partial charge is 0.487 e. The van der Waals surface area contributed by atoms with E-state index in [4.69, 9.17) is 22.2 Å². The maximum Gasteiger partial charge on any atom is 0.140 e. The summed E-state index contributed by atoms with van der Waals surface area (Å²) in [6.45, 7) is 0.480. The summed E-state index contributed by atoms with van der Waals surface area (Å²) >= 11 is 5.79. The van der Waals surface area contributed by atoms with Gasteiger partial charge in [-0.1, -0.05) is 23.7 Å². The number of hydrogen-bond acceptors (Lipinski definition) is 4. The molecule has 2 rings (SSSR count). The monoisotopic (exact) mass is 249 g/mol. The molecule has 1 aromatic heterocycles. The third-order valence-corrected chi connectivity index (χ3v) is 2.45. The molecule has 3 N–H and O–H groups in total. The Labute approximate surface area is 104 Å². The first-order valence-corrected chi connectivity index (χ1v) is 5.45. The molecule has 2 aromatic rings. The van der Waals surface area contributed by atoms with E-state index in [9.17, 15) is 0 Å². The van der Waals surface area contributed by atoms with Gasteiger partial charge >= 0.3 is 0 Å². The molecule has 0 radical (unpaired) electrons. The van der Waals surface area contributed by atoms with Crippen molar-refractivity contribution in [3.05, 3.63) is 53.2 Å². The zero-order valence-electron chi connectivity index (χ0n) is 9.06. The minimum atomic E-state index is 0.480. The second-order valence-electron chi connectivity index (χ2n) is 3.44. The normalized spacial score (nSPS) is 10.0. The van der Waals surface area contributed by atoms with Crippen molar-refractivity contribution in [2.24, 2.45) is 5.84 Å². The first-order valence-electron chi connectivity index (χ1n) is 5.08. The number of nitrogens with two attached hydrogens (primary N) is 1. The number of nitrogens with one attached hydrogen (secondary N) is 1. The quantitative estimate of drug-likeness (QED) is 0.646. The molecule has 0 aliphatic carbocycles. The van der Waals surface area contributed by atoms with Crippen molar-refractivity contribution < 1.29 is 4.74 Å². The third kappa shape index (κ3) is 3.34. The highest BCUT2D eigenvalue weighted by molar-refractivity contribution is 6.30. The van der Waals surface area contributed by atoms with E-state index < -0.39 is 0 Å². The molecule has 0 bridgehead atoms. The summed E-state index contributed by atoms with van der Waals surface area (Å²) in [6.07, 6.45) is 1.62. The number of nitrogens with zero attached hydrogens (tertiary/aromatic N) is 1. The molecule has 4 nitrogen and oxygen atoms in total. The summed E-state index contributed by atoms with van der Waals surface area (Å²) in [5.74, 6) is 6.51. The molecule has 0 unspecified atom stereocenters. The summed E-state index contributed by atoms with van der Waals surface area (Å²) in [7, 11) is 0. The van der Waals surface area contributed by atoms with Gasteiger partial charge in [0.2, 0.25) is 0 Å². The van der Waals surface area contributed by atoms with Gasteiger partial charge in [-0.25, -0.2) is 10.8 Å². The first-order chi connectivity index (χ1) is 8.28. The number of benzene rings is 1. The van der Waals surface area contributed by atoms with E-state index in [-0.39, 0.29) is 0 Å². The molecule has 0 atom stereocenters. The zero-order valence-corrected chi connectivity index (χ0v) is 9.82. The highest BCUT2D eigenvalue weighted by Crippen LogP contribution is 2.15. The summed E-state index contributed by atoms with van der Waals surface area (Å²) in [5.41, 5.74) is 3.50. The third-order valence-electron chi connectivity index (χ3n) is 2.20. The lowest BCUT2D eigenvalue weighted by molar-refractivity contribution is 0.305. The molecule has 1 aromatic carbocycles. The van der Waals surface area contributed by atoms with Crippen LogP contribution in [0, 0.1) is 0 Å². The summed E-state index contributed by atoms with van der Waals surface area (Å²) in [4.78, 5) is 4.04. The van der Waals surface area contributed by atoms with E-state index in [1.807, 2.05) is 24.3 Å². The molecule has 0 aliphatic heterocycles. The average Bonchev–Trinajstić information content (AvgIpc) is 2.39. The number of nitrogen functional groups attached to an aromatic ring is 1. The van der Waals surface area contributed by atoms with Crippen LogP contribution in [0.1, 0.15) is 5.56 Å². The molecule has 0 spiro atoms. The fraction of sp³-hybridized carbons (Fsp3) is 0.0833. The fourth-order valence-electron chi connectivity index (χ4n) is 1.30. The zero-order chi connectivity index (χ0) is 12.1. The van der Waals surface area contributed by atoms with Crippen LogP contribution in [-0.4, -0.2) is 4.98 Å². The van der Waals surface area contributed by atoms with Crippen LogP contribution in [0.5, 0.6) is 5.75 Å². The Bertz CT molecular complexity index is 470. The highest BCUT2D eigenvalue weighted by atomic mass is 35.5. The van der Waals surface area contributed by atoms with Gasteiger partial charge in [0.1, 0.15) is 18.2 Å². The molecule has 0 amide bonds. The summed E-state index contributed by atoms with van der Waals surface area (Å²) < 4.78 is 5.56. The molecular weight excluding hydrogens is 238 g/mol. The molecule has 17 heavy (non-hydrogen) atoms. The van der Waals surface area contributed by atoms with Crippen LogP contribution in [0.15, 0.2) is 42.6 Å². The minimum Gasteiger partial charge on any atom is -0.487 e. The van der Waals surface area contributed by atoms with Gasteiger partial charge in [-0.3, -0.25) is 0 Å². The number of pyridine rings is 1. The molecule has 0 aliphatic rings. The Kier molecular flexibility index (Phi) is 3.80. The van der Waals surface area contributed by atoms with Crippen molar-refractivity contribution >= 4 is 17.4 Å². The van der Waals surface area contributed by atoms with Crippen LogP contribution in [-0.2, 0) is 6.61 Å². The van der Waals surface area contributed by atoms with Gasteiger partial charge in [0.15, 0.2) is 0 Å². The number of halogens is 1. The molecule has 0 fully saturated rings. The maximum atomic E-state index is 5.79. The number of rotatable bonds is 4. The van der Waals surface area contributed by atoms with Crippen LogP contribution >= 0.6 is 11.6 Å². The molecule has 5 heteroatoms. The minimum absolute atomic E-state index is 0.480. The van der Waals surface area contributed by atoms with Crippen LogP contribution in [0.2, 0.25) is 5.02 Å². The maximum absolute atomic E-state index is 5.79. The lowest BCUT2D eigenvalue weighted by Gasteiger charge is -2.06. The molecular formula is C12H12ClN3O. The van der Waals surface area contributed by atoms with Gasteiger partial charge in [0.05, 0.1) is 6.20 Å². The summed E-state index contributed by atoms with van der Waals surface area (Å²) in [6, 6.07) is 11.1. The number of aromatic nitrogens is 1. The lowest BCUT2D eigenvalue weighted by atomic mass is 10.2. The second-order valence-corrected chi connectivity index (χ2v) is 3.88. The Morgan fingerprint density at radius 2 is 1.94 bits per heavy atom. The van der Waals surface area contributed by atoms with Crippen molar-refractivity contribution in [3.8, 4) is 5.75 Å². The van der Waals surface area contributed by atoms with Crippen molar-refractivity contribution in [2.75, 3.05) is 5.43 Å². The fourth-order valence-corrected chi connectivity index (χ4v) is 1.42. The van der Waals surface area contributed by atoms with E-state index in [1.165, 1.54) is 0 Å².